The Bertz CT molecular complexity index is 1700. The lowest BCUT2D eigenvalue weighted by Crippen LogP contribution is -2.30. The van der Waals surface area contributed by atoms with Crippen LogP contribution in [-0.4, -0.2) is 96.7 Å². The van der Waals surface area contributed by atoms with Gasteiger partial charge in [-0.25, -0.2) is 9.13 Å². The molecule has 0 aliphatic rings. The number of hydrogen-bond donors (Lipinski definition) is 3. The molecule has 0 bridgehead atoms. The van der Waals surface area contributed by atoms with Crippen LogP contribution in [-0.2, 0) is 65.4 Å². The van der Waals surface area contributed by atoms with Gasteiger partial charge in [-0.3, -0.25) is 37.3 Å². The van der Waals surface area contributed by atoms with Gasteiger partial charge in [0.1, 0.15) is 19.3 Å². The van der Waals surface area contributed by atoms with Crippen molar-refractivity contribution in [1.29, 1.82) is 0 Å². The molecule has 0 spiro atoms. The first-order chi connectivity index (χ1) is 41.9. The first-order valence-electron chi connectivity index (χ1n) is 35.5. The summed E-state index contributed by atoms with van der Waals surface area (Å²) in [4.78, 5) is 72.4. The van der Waals surface area contributed by atoms with Crippen LogP contribution in [0.2, 0.25) is 0 Å². The van der Waals surface area contributed by atoms with Crippen LogP contribution >= 0.6 is 15.6 Å². The van der Waals surface area contributed by atoms with Crippen molar-refractivity contribution in [2.75, 3.05) is 39.6 Å². The predicted octanol–water partition coefficient (Wildman–Crippen LogP) is 19.2. The predicted molar refractivity (Wildman–Crippen MR) is 349 cm³/mol. The van der Waals surface area contributed by atoms with E-state index < -0.39 is 97.5 Å². The minimum Gasteiger partial charge on any atom is -0.462 e. The number of carbonyl (C=O) groups is 4. The number of ether oxygens (including phenoxy) is 4. The van der Waals surface area contributed by atoms with E-state index in [2.05, 4.69) is 41.5 Å². The molecule has 0 radical (unpaired) electrons. The number of phosphoric acid groups is 2. The Morgan fingerprint density at radius 1 is 0.333 bits per heavy atom. The second kappa shape index (κ2) is 60.3. The number of esters is 4. The SMILES string of the molecule is CCCCCCCCCCCCCCCCCCC(=O)O[C@H](COC(=O)CCCCCCCCCCCC(C)C)COP(=O)(O)OC[C@@H](O)COP(=O)(O)OC[C@@H](COC(=O)CCCCCCCCCCC)OC(=O)CCCCCCCCC(C)CC. The normalized spacial score (nSPS) is 14.5. The van der Waals surface area contributed by atoms with E-state index in [1.807, 2.05) is 0 Å². The molecule has 17 nitrogen and oxygen atoms in total. The van der Waals surface area contributed by atoms with E-state index in [0.29, 0.717) is 25.7 Å². The molecule has 0 aromatic carbocycles. The van der Waals surface area contributed by atoms with Gasteiger partial charge >= 0.3 is 39.5 Å². The van der Waals surface area contributed by atoms with Crippen molar-refractivity contribution in [3.05, 3.63) is 0 Å². The third-order valence-corrected chi connectivity index (χ3v) is 18.0. The first kappa shape index (κ1) is 85.1. The molecule has 0 aliphatic carbocycles. The molecular formula is C68H132O17P2. The monoisotopic (exact) mass is 1280 g/mol. The third kappa shape index (κ3) is 61.3. The van der Waals surface area contributed by atoms with Gasteiger partial charge in [0.25, 0.3) is 0 Å². The number of rotatable bonds is 67. The van der Waals surface area contributed by atoms with Crippen molar-refractivity contribution < 1.29 is 80.2 Å². The van der Waals surface area contributed by atoms with Crippen molar-refractivity contribution in [3.63, 3.8) is 0 Å². The molecule has 0 saturated carbocycles. The second-order valence-electron chi connectivity index (χ2n) is 25.3. The van der Waals surface area contributed by atoms with Crippen LogP contribution in [0.25, 0.3) is 0 Å². The smallest absolute Gasteiger partial charge is 0.462 e. The minimum absolute atomic E-state index is 0.103. The molecule has 0 aromatic heterocycles. The van der Waals surface area contributed by atoms with Crippen molar-refractivity contribution in [2.45, 2.75) is 362 Å². The second-order valence-corrected chi connectivity index (χ2v) is 28.2. The molecular weight excluding hydrogens is 1150 g/mol. The molecule has 0 fully saturated rings. The summed E-state index contributed by atoms with van der Waals surface area (Å²) in [6, 6.07) is 0. The van der Waals surface area contributed by atoms with Gasteiger partial charge in [-0.2, -0.15) is 0 Å². The largest absolute Gasteiger partial charge is 0.472 e. The highest BCUT2D eigenvalue weighted by molar-refractivity contribution is 7.47. The molecule has 19 heteroatoms. The topological polar surface area (TPSA) is 237 Å². The molecule has 87 heavy (non-hydrogen) atoms. The molecule has 0 aromatic rings. The number of carbonyl (C=O) groups excluding carboxylic acids is 4. The zero-order valence-electron chi connectivity index (χ0n) is 56.3. The number of phosphoric ester groups is 2. The van der Waals surface area contributed by atoms with Crippen molar-refractivity contribution in [1.82, 2.24) is 0 Å². The third-order valence-electron chi connectivity index (χ3n) is 16.1. The Morgan fingerprint density at radius 3 is 0.874 bits per heavy atom. The van der Waals surface area contributed by atoms with Crippen LogP contribution in [0.5, 0.6) is 0 Å². The summed E-state index contributed by atoms with van der Waals surface area (Å²) in [5.74, 6) is -0.666. The summed E-state index contributed by atoms with van der Waals surface area (Å²) in [6.45, 7) is 9.45. The molecule has 0 heterocycles. The van der Waals surface area contributed by atoms with Gasteiger partial charge in [-0.05, 0) is 37.5 Å². The van der Waals surface area contributed by atoms with Gasteiger partial charge in [0, 0.05) is 25.7 Å². The summed E-state index contributed by atoms with van der Waals surface area (Å²) < 4.78 is 68.1. The molecule has 0 saturated heterocycles. The Balaban J connectivity index is 5.23. The van der Waals surface area contributed by atoms with Gasteiger partial charge in [-0.1, -0.05) is 292 Å². The maximum atomic E-state index is 13.0. The summed E-state index contributed by atoms with van der Waals surface area (Å²) in [7, 11) is -9.89. The maximum absolute atomic E-state index is 13.0. The van der Waals surface area contributed by atoms with Gasteiger partial charge in [0.05, 0.1) is 26.4 Å². The summed E-state index contributed by atoms with van der Waals surface area (Å²) in [6.07, 6.45) is 44.5. The highest BCUT2D eigenvalue weighted by Gasteiger charge is 2.30. The molecule has 3 unspecified atom stereocenters. The lowest BCUT2D eigenvalue weighted by Gasteiger charge is -2.21. The lowest BCUT2D eigenvalue weighted by atomic mass is 10.00. The zero-order valence-corrected chi connectivity index (χ0v) is 58.1. The van der Waals surface area contributed by atoms with E-state index in [0.717, 1.165) is 102 Å². The highest BCUT2D eigenvalue weighted by atomic mass is 31.2. The zero-order chi connectivity index (χ0) is 64.3. The molecule has 0 rings (SSSR count). The number of hydrogen-bond acceptors (Lipinski definition) is 15. The molecule has 3 N–H and O–H groups in total. The van der Waals surface area contributed by atoms with Crippen molar-refractivity contribution >= 4 is 39.5 Å². The van der Waals surface area contributed by atoms with Crippen LogP contribution < -0.4 is 0 Å². The lowest BCUT2D eigenvalue weighted by molar-refractivity contribution is -0.161. The van der Waals surface area contributed by atoms with E-state index in [4.69, 9.17) is 37.0 Å². The Labute approximate surface area is 530 Å². The molecule has 0 amide bonds. The van der Waals surface area contributed by atoms with Crippen LogP contribution in [0.4, 0.5) is 0 Å². The fourth-order valence-electron chi connectivity index (χ4n) is 10.2. The van der Waals surface area contributed by atoms with Crippen molar-refractivity contribution in [3.8, 4) is 0 Å². The quantitative estimate of drug-likeness (QED) is 0.0222. The van der Waals surface area contributed by atoms with E-state index in [9.17, 15) is 43.2 Å². The number of aliphatic hydroxyl groups excluding tert-OH is 1. The highest BCUT2D eigenvalue weighted by Crippen LogP contribution is 2.45. The van der Waals surface area contributed by atoms with Crippen LogP contribution in [0.3, 0.4) is 0 Å². The number of unbranched alkanes of at least 4 members (excludes halogenated alkanes) is 36. The maximum Gasteiger partial charge on any atom is 0.472 e. The first-order valence-corrected chi connectivity index (χ1v) is 38.5. The fraction of sp³-hybridized carbons (Fsp3) is 0.941. The van der Waals surface area contributed by atoms with Crippen molar-refractivity contribution in [2.24, 2.45) is 11.8 Å². The molecule has 6 atom stereocenters. The Kier molecular flexibility index (Phi) is 59.0. The Morgan fingerprint density at radius 2 is 0.586 bits per heavy atom. The summed E-state index contributed by atoms with van der Waals surface area (Å²) >= 11 is 0. The van der Waals surface area contributed by atoms with E-state index in [-0.39, 0.29) is 25.7 Å². The van der Waals surface area contributed by atoms with Crippen LogP contribution in [0, 0.1) is 11.8 Å². The standard InChI is InChI=1S/C68H132O17P2/c1-7-10-12-14-16-18-19-20-21-22-23-24-28-33-40-46-52-67(72)84-63(56-79-66(71)51-45-39-32-29-25-27-30-36-42-48-60(4)5)58-82-86(74,75)80-54-62(69)55-81-87(76,77)83-59-64(57-78-65(70)50-44-38-31-26-17-15-13-11-8-2)85-68(73)53-47-41-35-34-37-43-49-61(6)9-3/h60-64,69H,7-59H2,1-6H3,(H,74,75)(H,76,77)/t61?,62-,63-,64-/m1/s1. The molecule has 0 aliphatic heterocycles. The van der Waals surface area contributed by atoms with Gasteiger partial charge in [-0.15, -0.1) is 0 Å². The average molecular weight is 1280 g/mol. The van der Waals surface area contributed by atoms with Gasteiger partial charge < -0.3 is 33.8 Å². The number of aliphatic hydroxyl groups is 1. The van der Waals surface area contributed by atoms with Gasteiger partial charge in [0.15, 0.2) is 12.2 Å². The fourth-order valence-corrected chi connectivity index (χ4v) is 11.8. The Hall–Kier alpha value is -1.94. The molecule has 516 valence electrons. The minimum atomic E-state index is -4.95. The summed E-state index contributed by atoms with van der Waals surface area (Å²) in [5.41, 5.74) is 0. The van der Waals surface area contributed by atoms with Gasteiger partial charge in [0.2, 0.25) is 0 Å². The summed E-state index contributed by atoms with van der Waals surface area (Å²) in [5, 5.41) is 10.6. The van der Waals surface area contributed by atoms with E-state index in [1.54, 1.807) is 0 Å². The average Bonchev–Trinajstić information content (AvgIpc) is 3.70. The van der Waals surface area contributed by atoms with E-state index >= 15 is 0 Å². The van der Waals surface area contributed by atoms with Crippen LogP contribution in [0.1, 0.15) is 343 Å². The van der Waals surface area contributed by atoms with E-state index in [1.165, 1.54) is 161 Å². The van der Waals surface area contributed by atoms with Crippen LogP contribution in [0.15, 0.2) is 0 Å².